The molecular weight excluding hydrogens is 376 g/mol. The topological polar surface area (TPSA) is 118 Å². The van der Waals surface area contributed by atoms with Crippen LogP contribution in [0, 0.1) is 0 Å². The minimum Gasteiger partial charge on any atom is -0.481 e. The lowest BCUT2D eigenvalue weighted by Gasteiger charge is -2.27. The number of benzene rings is 1. The molecule has 120 valence electrons. The van der Waals surface area contributed by atoms with Crippen molar-refractivity contribution in [2.45, 2.75) is 24.1 Å². The summed E-state index contributed by atoms with van der Waals surface area (Å²) in [6, 6.07) is 6.17. The summed E-state index contributed by atoms with van der Waals surface area (Å²) >= 11 is 3.28. The van der Waals surface area contributed by atoms with Gasteiger partial charge in [-0.25, -0.2) is 13.6 Å². The van der Waals surface area contributed by atoms with Crippen LogP contribution in [0.3, 0.4) is 0 Å². The Morgan fingerprint density at radius 2 is 2.00 bits per heavy atom. The number of carbonyl (C=O) groups is 2. The van der Waals surface area contributed by atoms with Crippen molar-refractivity contribution in [2.75, 3.05) is 6.54 Å². The van der Waals surface area contributed by atoms with E-state index in [1.54, 1.807) is 24.3 Å². The minimum atomic E-state index is -3.84. The number of nitrogens with zero attached hydrogens (tertiary/aromatic N) is 1. The number of carboxylic acids is 1. The number of rotatable bonds is 5. The maximum atomic E-state index is 12.1. The van der Waals surface area contributed by atoms with Gasteiger partial charge in [-0.15, -0.1) is 0 Å². The highest BCUT2D eigenvalue weighted by Crippen LogP contribution is 2.31. The van der Waals surface area contributed by atoms with Gasteiger partial charge in [-0.05, 0) is 17.7 Å². The summed E-state index contributed by atoms with van der Waals surface area (Å²) in [7, 11) is -3.84. The molecule has 0 spiro atoms. The third-order valence-electron chi connectivity index (χ3n) is 3.59. The van der Waals surface area contributed by atoms with E-state index >= 15 is 0 Å². The number of carbonyl (C=O) groups excluding carboxylic acids is 1. The van der Waals surface area contributed by atoms with Gasteiger partial charge in [0.1, 0.15) is 5.25 Å². The van der Waals surface area contributed by atoms with Gasteiger partial charge in [-0.1, -0.05) is 28.1 Å². The molecule has 1 aromatic carbocycles. The van der Waals surface area contributed by atoms with Crippen LogP contribution in [-0.2, 0) is 19.6 Å². The molecule has 3 N–H and O–H groups in total. The third kappa shape index (κ3) is 3.84. The minimum absolute atomic E-state index is 0.0916. The van der Waals surface area contributed by atoms with E-state index in [2.05, 4.69) is 15.9 Å². The quantitative estimate of drug-likeness (QED) is 0.772. The number of nitrogens with two attached hydrogens (primary N) is 1. The predicted octanol–water partition coefficient (Wildman–Crippen LogP) is 0.854. The summed E-state index contributed by atoms with van der Waals surface area (Å²) in [5.41, 5.74) is 0.633. The number of amides is 1. The summed E-state index contributed by atoms with van der Waals surface area (Å²) in [6.07, 6.45) is -0.518. The summed E-state index contributed by atoms with van der Waals surface area (Å²) in [6.45, 7) is -0.0916. The number of aliphatic carboxylic acids is 1. The van der Waals surface area contributed by atoms with Crippen molar-refractivity contribution in [2.24, 2.45) is 5.14 Å². The van der Waals surface area contributed by atoms with Gasteiger partial charge in [0, 0.05) is 17.4 Å². The zero-order chi connectivity index (χ0) is 16.5. The Bertz CT molecular complexity index is 689. The van der Waals surface area contributed by atoms with Crippen LogP contribution in [0.4, 0.5) is 0 Å². The Morgan fingerprint density at radius 1 is 1.41 bits per heavy atom. The van der Waals surface area contributed by atoms with Crippen molar-refractivity contribution in [3.63, 3.8) is 0 Å². The Hall–Kier alpha value is -1.45. The van der Waals surface area contributed by atoms with Gasteiger partial charge in [-0.2, -0.15) is 0 Å². The Labute approximate surface area is 136 Å². The molecule has 0 bridgehead atoms. The highest BCUT2D eigenvalue weighted by atomic mass is 79.9. The lowest BCUT2D eigenvalue weighted by atomic mass is 10.0. The van der Waals surface area contributed by atoms with Crippen LogP contribution in [-0.4, -0.2) is 42.1 Å². The summed E-state index contributed by atoms with van der Waals surface area (Å²) in [4.78, 5) is 24.5. The molecule has 1 fully saturated rings. The molecule has 2 unspecified atom stereocenters. The molecule has 0 aromatic heterocycles. The highest BCUT2D eigenvalue weighted by Gasteiger charge is 2.40. The molecule has 1 aliphatic rings. The van der Waals surface area contributed by atoms with Gasteiger partial charge in [-0.3, -0.25) is 9.59 Å². The van der Waals surface area contributed by atoms with Gasteiger partial charge >= 0.3 is 5.97 Å². The van der Waals surface area contributed by atoms with Crippen molar-refractivity contribution in [1.82, 2.24) is 4.90 Å². The first-order valence-electron chi connectivity index (χ1n) is 6.47. The summed E-state index contributed by atoms with van der Waals surface area (Å²) in [5.74, 6) is -1.48. The van der Waals surface area contributed by atoms with Gasteiger partial charge in [0.05, 0.1) is 12.5 Å². The molecule has 0 aliphatic carbocycles. The van der Waals surface area contributed by atoms with Crippen LogP contribution < -0.4 is 5.14 Å². The molecule has 1 saturated heterocycles. The number of primary sulfonamides is 1. The number of hydrogen-bond donors (Lipinski definition) is 2. The molecule has 2 atom stereocenters. The fourth-order valence-corrected chi connectivity index (χ4v) is 3.48. The maximum Gasteiger partial charge on any atom is 0.305 e. The van der Waals surface area contributed by atoms with E-state index in [1.165, 1.54) is 4.90 Å². The molecule has 22 heavy (non-hydrogen) atoms. The first-order chi connectivity index (χ1) is 10.2. The van der Waals surface area contributed by atoms with Crippen molar-refractivity contribution in [3.05, 3.63) is 34.3 Å². The standard InChI is InChI=1S/C13H15BrN2O5S/c14-9-3-1-8(2-4-9)11(6-13(18)19)16-7-10(5-12(16)17)22(15,20)21/h1-4,10-11H,5-7H2,(H,18,19)(H2,15,20,21). The van der Waals surface area contributed by atoms with Gasteiger partial charge < -0.3 is 10.0 Å². The van der Waals surface area contributed by atoms with Gasteiger partial charge in [0.2, 0.25) is 15.9 Å². The lowest BCUT2D eigenvalue weighted by Crippen LogP contribution is -2.35. The molecule has 1 heterocycles. The second kappa shape index (κ2) is 6.35. The number of likely N-dealkylation sites (tertiary alicyclic amines) is 1. The van der Waals surface area contributed by atoms with Crippen LogP contribution in [0.1, 0.15) is 24.4 Å². The number of hydrogen-bond acceptors (Lipinski definition) is 4. The third-order valence-corrected chi connectivity index (χ3v) is 5.36. The normalized spacial score (nSPS) is 20.2. The highest BCUT2D eigenvalue weighted by molar-refractivity contribution is 9.10. The number of carboxylic acid groups (broad SMARTS) is 1. The van der Waals surface area contributed by atoms with E-state index in [4.69, 9.17) is 10.2 Å². The van der Waals surface area contributed by atoms with Crippen LogP contribution in [0.5, 0.6) is 0 Å². The van der Waals surface area contributed by atoms with E-state index < -0.39 is 33.2 Å². The fourth-order valence-electron chi connectivity index (χ4n) is 2.48. The van der Waals surface area contributed by atoms with Crippen LogP contribution in [0.25, 0.3) is 0 Å². The van der Waals surface area contributed by atoms with Crippen molar-refractivity contribution in [3.8, 4) is 0 Å². The zero-order valence-corrected chi connectivity index (χ0v) is 13.9. The second-order valence-corrected chi connectivity index (χ2v) is 7.89. The van der Waals surface area contributed by atoms with Gasteiger partial charge in [0.25, 0.3) is 0 Å². The zero-order valence-electron chi connectivity index (χ0n) is 11.5. The van der Waals surface area contributed by atoms with Gasteiger partial charge in [0.15, 0.2) is 0 Å². The summed E-state index contributed by atoms with van der Waals surface area (Å²) < 4.78 is 23.7. The molecule has 1 aromatic rings. The molecule has 0 radical (unpaired) electrons. The molecule has 2 rings (SSSR count). The number of sulfonamides is 1. The molecule has 1 amide bonds. The first-order valence-corrected chi connectivity index (χ1v) is 8.87. The largest absolute Gasteiger partial charge is 0.481 e. The molecule has 9 heteroatoms. The van der Waals surface area contributed by atoms with E-state index in [0.29, 0.717) is 5.56 Å². The van der Waals surface area contributed by atoms with Crippen LogP contribution in [0.15, 0.2) is 28.7 Å². The van der Waals surface area contributed by atoms with Crippen molar-refractivity contribution in [1.29, 1.82) is 0 Å². The lowest BCUT2D eigenvalue weighted by molar-refractivity contribution is -0.139. The van der Waals surface area contributed by atoms with Crippen LogP contribution in [0.2, 0.25) is 0 Å². The Kier molecular flexibility index (Phi) is 4.88. The van der Waals surface area contributed by atoms with E-state index in [1.807, 2.05) is 0 Å². The Balaban J connectivity index is 2.32. The monoisotopic (exact) mass is 390 g/mol. The average Bonchev–Trinajstić information content (AvgIpc) is 2.79. The fraction of sp³-hybridized carbons (Fsp3) is 0.385. The first kappa shape index (κ1) is 16.9. The van der Waals surface area contributed by atoms with E-state index in [-0.39, 0.29) is 19.4 Å². The smallest absolute Gasteiger partial charge is 0.305 e. The number of halogens is 1. The summed E-state index contributed by atoms with van der Waals surface area (Å²) in [5, 5.41) is 13.2. The van der Waals surface area contributed by atoms with E-state index in [9.17, 15) is 18.0 Å². The maximum absolute atomic E-state index is 12.1. The SMILES string of the molecule is NS(=O)(=O)C1CC(=O)N(C(CC(=O)O)c2ccc(Br)cc2)C1. The average molecular weight is 391 g/mol. The Morgan fingerprint density at radius 3 is 2.45 bits per heavy atom. The predicted molar refractivity (Wildman–Crippen MR) is 82.4 cm³/mol. The van der Waals surface area contributed by atoms with Crippen molar-refractivity contribution >= 4 is 37.8 Å². The van der Waals surface area contributed by atoms with Crippen molar-refractivity contribution < 1.29 is 23.1 Å². The second-order valence-electron chi connectivity index (χ2n) is 5.13. The van der Waals surface area contributed by atoms with Crippen LogP contribution >= 0.6 is 15.9 Å². The molecule has 0 saturated carbocycles. The molecule has 7 nitrogen and oxygen atoms in total. The molecular formula is C13H15BrN2O5S. The van der Waals surface area contributed by atoms with E-state index in [0.717, 1.165) is 4.47 Å². The molecule has 1 aliphatic heterocycles.